The lowest BCUT2D eigenvalue weighted by Gasteiger charge is -2.58. The van der Waals surface area contributed by atoms with Gasteiger partial charge in [-0.25, -0.2) is 9.59 Å². The van der Waals surface area contributed by atoms with Crippen LogP contribution in [0.5, 0.6) is 5.75 Å². The van der Waals surface area contributed by atoms with E-state index >= 15 is 0 Å². The van der Waals surface area contributed by atoms with Crippen molar-refractivity contribution in [2.45, 2.75) is 32.0 Å². The van der Waals surface area contributed by atoms with Crippen molar-refractivity contribution in [3.63, 3.8) is 0 Å². The van der Waals surface area contributed by atoms with E-state index in [0.717, 1.165) is 42.8 Å². The smallest absolute Gasteiger partial charge is 0.317 e. The standard InChI is InChI=1S/C23H28N4O3/c1-30-20-9-7-18(8-10-20)13-24-21(28)26-19-11-23(12-19)15-27(16-23)22(29)25-14-17-5-3-2-4-6-17/h2-10,19H,11-16H2,1H3,(H,25,29)(H2,24,26,28). The van der Waals surface area contributed by atoms with Gasteiger partial charge >= 0.3 is 12.1 Å². The molecule has 1 heterocycles. The van der Waals surface area contributed by atoms with E-state index in [1.165, 1.54) is 0 Å². The SMILES string of the molecule is COc1ccc(CNC(=O)NC2CC3(C2)CN(C(=O)NCc2ccccc2)C3)cc1. The van der Waals surface area contributed by atoms with E-state index in [9.17, 15) is 9.59 Å². The van der Waals surface area contributed by atoms with Gasteiger partial charge in [0.2, 0.25) is 0 Å². The van der Waals surface area contributed by atoms with Crippen molar-refractivity contribution >= 4 is 12.1 Å². The molecular formula is C23H28N4O3. The van der Waals surface area contributed by atoms with Crippen molar-refractivity contribution in [3.8, 4) is 5.75 Å². The van der Waals surface area contributed by atoms with E-state index in [4.69, 9.17) is 4.74 Å². The molecule has 30 heavy (non-hydrogen) atoms. The van der Waals surface area contributed by atoms with Crippen LogP contribution in [0, 0.1) is 5.41 Å². The number of rotatable bonds is 6. The second-order valence-electron chi connectivity index (χ2n) is 8.28. The Hall–Kier alpha value is -3.22. The second-order valence-corrected chi connectivity index (χ2v) is 8.28. The van der Waals surface area contributed by atoms with Crippen molar-refractivity contribution in [2.24, 2.45) is 5.41 Å². The zero-order valence-electron chi connectivity index (χ0n) is 17.2. The van der Waals surface area contributed by atoms with Crippen LogP contribution in [-0.4, -0.2) is 43.2 Å². The molecule has 2 aromatic carbocycles. The van der Waals surface area contributed by atoms with Crippen LogP contribution in [0.15, 0.2) is 54.6 Å². The zero-order chi connectivity index (χ0) is 21.0. The molecule has 4 rings (SSSR count). The first kappa shape index (κ1) is 20.1. The van der Waals surface area contributed by atoms with Gasteiger partial charge in [-0.15, -0.1) is 0 Å². The molecule has 1 aliphatic carbocycles. The maximum Gasteiger partial charge on any atom is 0.317 e. The van der Waals surface area contributed by atoms with Gasteiger partial charge in [0.15, 0.2) is 0 Å². The summed E-state index contributed by atoms with van der Waals surface area (Å²) in [5, 5.41) is 8.89. The minimum atomic E-state index is -0.151. The normalized spacial score (nSPS) is 16.9. The van der Waals surface area contributed by atoms with Crippen LogP contribution in [0.2, 0.25) is 0 Å². The fourth-order valence-corrected chi connectivity index (χ4v) is 4.30. The second kappa shape index (κ2) is 8.65. The first-order chi connectivity index (χ1) is 14.5. The van der Waals surface area contributed by atoms with Crippen molar-refractivity contribution in [3.05, 3.63) is 65.7 Å². The number of urea groups is 2. The largest absolute Gasteiger partial charge is 0.497 e. The Morgan fingerprint density at radius 1 is 0.967 bits per heavy atom. The molecule has 158 valence electrons. The number of hydrogen-bond acceptors (Lipinski definition) is 3. The van der Waals surface area contributed by atoms with E-state index < -0.39 is 0 Å². The number of carbonyl (C=O) groups is 2. The molecule has 1 spiro atoms. The van der Waals surface area contributed by atoms with Gasteiger partial charge in [0.1, 0.15) is 5.75 Å². The maximum atomic E-state index is 12.3. The van der Waals surface area contributed by atoms with Crippen LogP contribution in [0.4, 0.5) is 9.59 Å². The molecule has 7 nitrogen and oxygen atoms in total. The number of methoxy groups -OCH3 is 1. The van der Waals surface area contributed by atoms with Crippen LogP contribution in [0.25, 0.3) is 0 Å². The third-order valence-electron chi connectivity index (χ3n) is 5.93. The van der Waals surface area contributed by atoms with E-state index in [-0.39, 0.29) is 23.5 Å². The molecule has 1 aliphatic heterocycles. The molecular weight excluding hydrogens is 380 g/mol. The Morgan fingerprint density at radius 3 is 2.27 bits per heavy atom. The number of nitrogens with one attached hydrogen (secondary N) is 3. The van der Waals surface area contributed by atoms with E-state index in [0.29, 0.717) is 13.1 Å². The Kier molecular flexibility index (Phi) is 5.79. The highest BCUT2D eigenvalue weighted by Gasteiger charge is 2.54. The van der Waals surface area contributed by atoms with Crippen LogP contribution in [-0.2, 0) is 13.1 Å². The number of nitrogens with zero attached hydrogens (tertiary/aromatic N) is 1. The van der Waals surface area contributed by atoms with Crippen LogP contribution in [0.3, 0.4) is 0 Å². The molecule has 1 saturated heterocycles. The lowest BCUT2D eigenvalue weighted by molar-refractivity contribution is -0.0510. The maximum absolute atomic E-state index is 12.3. The number of ether oxygens (including phenoxy) is 1. The monoisotopic (exact) mass is 408 g/mol. The molecule has 0 atom stereocenters. The third kappa shape index (κ3) is 4.67. The highest BCUT2D eigenvalue weighted by molar-refractivity contribution is 5.76. The Bertz CT molecular complexity index is 871. The van der Waals surface area contributed by atoms with Gasteiger partial charge in [-0.3, -0.25) is 0 Å². The molecule has 0 aromatic heterocycles. The first-order valence-corrected chi connectivity index (χ1v) is 10.3. The summed E-state index contributed by atoms with van der Waals surface area (Å²) in [5.74, 6) is 0.797. The average molecular weight is 409 g/mol. The van der Waals surface area contributed by atoms with Gasteiger partial charge in [-0.05, 0) is 36.1 Å². The number of benzene rings is 2. The predicted octanol–water partition coefficient (Wildman–Crippen LogP) is 2.87. The Balaban J connectivity index is 1.12. The van der Waals surface area contributed by atoms with Gasteiger partial charge in [0.25, 0.3) is 0 Å². The summed E-state index contributed by atoms with van der Waals surface area (Å²) in [6.45, 7) is 2.54. The molecule has 2 aromatic rings. The summed E-state index contributed by atoms with van der Waals surface area (Å²) in [6, 6.07) is 17.5. The lowest BCUT2D eigenvalue weighted by Crippen LogP contribution is -2.69. The highest BCUT2D eigenvalue weighted by atomic mass is 16.5. The molecule has 0 bridgehead atoms. The highest BCUT2D eigenvalue weighted by Crippen LogP contribution is 2.48. The molecule has 2 aliphatic rings. The van der Waals surface area contributed by atoms with Crippen LogP contribution in [0.1, 0.15) is 24.0 Å². The van der Waals surface area contributed by atoms with Gasteiger partial charge in [-0.2, -0.15) is 0 Å². The zero-order valence-corrected chi connectivity index (χ0v) is 17.2. The van der Waals surface area contributed by atoms with E-state index in [1.54, 1.807) is 7.11 Å². The van der Waals surface area contributed by atoms with Gasteiger partial charge in [0.05, 0.1) is 7.11 Å². The quantitative estimate of drug-likeness (QED) is 0.687. The topological polar surface area (TPSA) is 82.7 Å². The Morgan fingerprint density at radius 2 is 1.60 bits per heavy atom. The third-order valence-corrected chi connectivity index (χ3v) is 5.93. The summed E-state index contributed by atoms with van der Waals surface area (Å²) in [6.07, 6.45) is 1.84. The fourth-order valence-electron chi connectivity index (χ4n) is 4.30. The summed E-state index contributed by atoms with van der Waals surface area (Å²) >= 11 is 0. The van der Waals surface area contributed by atoms with Gasteiger partial charge < -0.3 is 25.6 Å². The molecule has 0 unspecified atom stereocenters. The van der Waals surface area contributed by atoms with Crippen LogP contribution >= 0.6 is 0 Å². The molecule has 1 saturated carbocycles. The number of amides is 4. The molecule has 4 amide bonds. The molecule has 7 heteroatoms. The van der Waals surface area contributed by atoms with Crippen molar-refractivity contribution < 1.29 is 14.3 Å². The van der Waals surface area contributed by atoms with E-state index in [2.05, 4.69) is 16.0 Å². The fraction of sp³-hybridized carbons (Fsp3) is 0.391. The summed E-state index contributed by atoms with van der Waals surface area (Å²) < 4.78 is 5.13. The predicted molar refractivity (Wildman–Crippen MR) is 114 cm³/mol. The summed E-state index contributed by atoms with van der Waals surface area (Å²) in [5.41, 5.74) is 2.29. The van der Waals surface area contributed by atoms with Crippen molar-refractivity contribution in [1.82, 2.24) is 20.9 Å². The van der Waals surface area contributed by atoms with Crippen molar-refractivity contribution in [2.75, 3.05) is 20.2 Å². The summed E-state index contributed by atoms with van der Waals surface area (Å²) in [7, 11) is 1.63. The number of hydrogen-bond donors (Lipinski definition) is 3. The van der Waals surface area contributed by atoms with Gasteiger partial charge in [-0.1, -0.05) is 42.5 Å². The number of likely N-dealkylation sites (tertiary alicyclic amines) is 1. The molecule has 0 radical (unpaired) electrons. The number of carbonyl (C=O) groups excluding carboxylic acids is 2. The first-order valence-electron chi connectivity index (χ1n) is 10.3. The average Bonchev–Trinajstić information content (AvgIpc) is 2.72. The van der Waals surface area contributed by atoms with E-state index in [1.807, 2.05) is 59.5 Å². The molecule has 3 N–H and O–H groups in total. The minimum absolute atomic E-state index is 0.0156. The lowest BCUT2D eigenvalue weighted by atomic mass is 9.61. The minimum Gasteiger partial charge on any atom is -0.497 e. The Labute approximate surface area is 176 Å². The molecule has 2 fully saturated rings. The summed E-state index contributed by atoms with van der Waals surface area (Å²) in [4.78, 5) is 26.3. The van der Waals surface area contributed by atoms with Crippen LogP contribution < -0.4 is 20.7 Å². The van der Waals surface area contributed by atoms with Crippen molar-refractivity contribution in [1.29, 1.82) is 0 Å². The van der Waals surface area contributed by atoms with Gasteiger partial charge in [0, 0.05) is 37.6 Å².